The monoisotopic (exact) mass is 349 g/mol. The number of nitrogens with two attached hydrogens (primary N) is 1. The largest absolute Gasteiger partial charge is 0.382 e. The summed E-state index contributed by atoms with van der Waals surface area (Å²) in [5.74, 6) is 0.367. The Morgan fingerprint density at radius 1 is 1.14 bits per heavy atom. The van der Waals surface area contributed by atoms with Gasteiger partial charge in [0.15, 0.2) is 11.5 Å². The average molecular weight is 350 g/mol. The zero-order valence-electron chi connectivity index (χ0n) is 11.0. The Hall–Kier alpha value is -2.29. The standard InChI is InChI=1S/C12H12BrN7O/c13-8-4-15-6-20(12(8)21)3-1-2-19-7-18-9-10(14)16-5-17-11(9)19/h4-7H,1-3H2,(H2,14,16,17). The number of imidazole rings is 1. The number of nitrogen functional groups attached to an aromatic ring is 1. The molecule has 0 spiro atoms. The summed E-state index contributed by atoms with van der Waals surface area (Å²) in [5, 5.41) is 0. The lowest BCUT2D eigenvalue weighted by molar-refractivity contribution is 0.551. The van der Waals surface area contributed by atoms with Gasteiger partial charge in [0.25, 0.3) is 5.56 Å². The van der Waals surface area contributed by atoms with E-state index in [0.717, 1.165) is 6.42 Å². The lowest BCUT2D eigenvalue weighted by Gasteiger charge is -2.06. The number of halogens is 1. The first-order valence-electron chi connectivity index (χ1n) is 6.28. The molecule has 0 saturated heterocycles. The summed E-state index contributed by atoms with van der Waals surface area (Å²) in [5.41, 5.74) is 6.94. The van der Waals surface area contributed by atoms with Gasteiger partial charge in [0.1, 0.15) is 16.3 Å². The van der Waals surface area contributed by atoms with Crippen molar-refractivity contribution in [3.63, 3.8) is 0 Å². The van der Waals surface area contributed by atoms with Crippen molar-refractivity contribution in [1.82, 2.24) is 29.1 Å². The van der Waals surface area contributed by atoms with Crippen molar-refractivity contribution in [2.24, 2.45) is 0 Å². The molecule has 3 aromatic heterocycles. The predicted molar refractivity (Wildman–Crippen MR) is 80.5 cm³/mol. The number of fused-ring (bicyclic) bond motifs is 1. The van der Waals surface area contributed by atoms with Gasteiger partial charge in [-0.2, -0.15) is 0 Å². The van der Waals surface area contributed by atoms with Crippen LogP contribution in [0.2, 0.25) is 0 Å². The van der Waals surface area contributed by atoms with Gasteiger partial charge in [-0.05, 0) is 22.4 Å². The number of aromatic nitrogens is 6. The van der Waals surface area contributed by atoms with Crippen molar-refractivity contribution in [1.29, 1.82) is 0 Å². The highest BCUT2D eigenvalue weighted by atomic mass is 79.9. The van der Waals surface area contributed by atoms with E-state index in [0.29, 0.717) is 34.5 Å². The second-order valence-corrected chi connectivity index (χ2v) is 5.32. The third kappa shape index (κ3) is 2.64. The molecule has 0 unspecified atom stereocenters. The molecule has 0 amide bonds. The number of rotatable bonds is 4. The molecule has 0 saturated carbocycles. The molecule has 21 heavy (non-hydrogen) atoms. The fourth-order valence-electron chi connectivity index (χ4n) is 2.06. The van der Waals surface area contributed by atoms with Crippen LogP contribution in [0.15, 0.2) is 34.4 Å². The van der Waals surface area contributed by atoms with Crippen LogP contribution >= 0.6 is 15.9 Å². The number of hydrogen-bond donors (Lipinski definition) is 1. The summed E-state index contributed by atoms with van der Waals surface area (Å²) in [7, 11) is 0. The summed E-state index contributed by atoms with van der Waals surface area (Å²) >= 11 is 3.18. The fraction of sp³-hybridized carbons (Fsp3) is 0.250. The fourth-order valence-corrected chi connectivity index (χ4v) is 2.40. The smallest absolute Gasteiger partial charge is 0.267 e. The highest BCUT2D eigenvalue weighted by Crippen LogP contribution is 2.14. The van der Waals surface area contributed by atoms with Crippen LogP contribution in [0, 0.1) is 0 Å². The SMILES string of the molecule is Nc1ncnc2c1ncn2CCCn1cncc(Br)c1=O. The van der Waals surface area contributed by atoms with Gasteiger partial charge < -0.3 is 10.3 Å². The van der Waals surface area contributed by atoms with E-state index < -0.39 is 0 Å². The normalized spacial score (nSPS) is 11.1. The van der Waals surface area contributed by atoms with Crippen molar-refractivity contribution in [3.8, 4) is 0 Å². The Kier molecular flexibility index (Phi) is 3.65. The minimum Gasteiger partial charge on any atom is -0.382 e. The molecule has 9 heteroatoms. The minimum atomic E-state index is -0.0907. The predicted octanol–water partition coefficient (Wildman–Crippen LogP) is 0.818. The van der Waals surface area contributed by atoms with Gasteiger partial charge in [0.05, 0.1) is 12.7 Å². The zero-order valence-corrected chi connectivity index (χ0v) is 12.6. The van der Waals surface area contributed by atoms with Gasteiger partial charge in [0.2, 0.25) is 0 Å². The molecule has 108 valence electrons. The Balaban J connectivity index is 1.74. The molecule has 3 heterocycles. The summed E-state index contributed by atoms with van der Waals surface area (Å²) in [6.07, 6.45) is 6.85. The van der Waals surface area contributed by atoms with E-state index in [9.17, 15) is 4.79 Å². The summed E-state index contributed by atoms with van der Waals surface area (Å²) < 4.78 is 3.91. The number of aryl methyl sites for hydroxylation is 2. The second-order valence-electron chi connectivity index (χ2n) is 4.46. The van der Waals surface area contributed by atoms with E-state index in [2.05, 4.69) is 35.9 Å². The molecule has 0 fully saturated rings. The molecule has 0 aliphatic rings. The highest BCUT2D eigenvalue weighted by molar-refractivity contribution is 9.10. The van der Waals surface area contributed by atoms with Crippen molar-refractivity contribution in [2.75, 3.05) is 5.73 Å². The molecule has 0 atom stereocenters. The van der Waals surface area contributed by atoms with Crippen LogP contribution in [-0.4, -0.2) is 29.1 Å². The molecule has 0 radical (unpaired) electrons. The lowest BCUT2D eigenvalue weighted by atomic mass is 10.4. The average Bonchev–Trinajstić information content (AvgIpc) is 2.88. The van der Waals surface area contributed by atoms with Crippen LogP contribution in [0.25, 0.3) is 11.2 Å². The van der Waals surface area contributed by atoms with Crippen LogP contribution in [0.3, 0.4) is 0 Å². The molecule has 0 aliphatic carbocycles. The molecule has 0 aromatic carbocycles. The molecule has 2 N–H and O–H groups in total. The topological polar surface area (TPSA) is 105 Å². The first-order chi connectivity index (χ1) is 10.2. The third-order valence-electron chi connectivity index (χ3n) is 3.09. The quantitative estimate of drug-likeness (QED) is 0.747. The molecule has 0 bridgehead atoms. The Labute approximate surface area is 127 Å². The number of nitrogens with zero attached hydrogens (tertiary/aromatic N) is 6. The maximum absolute atomic E-state index is 11.8. The van der Waals surface area contributed by atoms with Crippen molar-refractivity contribution in [2.45, 2.75) is 19.5 Å². The molecular formula is C12H12BrN7O. The third-order valence-corrected chi connectivity index (χ3v) is 3.63. The van der Waals surface area contributed by atoms with E-state index in [-0.39, 0.29) is 5.56 Å². The van der Waals surface area contributed by atoms with Gasteiger partial charge in [-0.25, -0.2) is 19.9 Å². The Morgan fingerprint density at radius 3 is 2.81 bits per heavy atom. The van der Waals surface area contributed by atoms with Crippen molar-refractivity contribution >= 4 is 32.9 Å². The highest BCUT2D eigenvalue weighted by Gasteiger charge is 2.07. The number of hydrogen-bond acceptors (Lipinski definition) is 6. The van der Waals surface area contributed by atoms with Crippen LogP contribution in [0.4, 0.5) is 5.82 Å². The Morgan fingerprint density at radius 2 is 1.95 bits per heavy atom. The van der Waals surface area contributed by atoms with E-state index >= 15 is 0 Å². The zero-order chi connectivity index (χ0) is 14.8. The molecular weight excluding hydrogens is 338 g/mol. The summed E-state index contributed by atoms with van der Waals surface area (Å²) in [4.78, 5) is 28.1. The summed E-state index contributed by atoms with van der Waals surface area (Å²) in [6, 6.07) is 0. The van der Waals surface area contributed by atoms with Crippen molar-refractivity contribution < 1.29 is 0 Å². The van der Waals surface area contributed by atoms with Crippen LogP contribution in [0.5, 0.6) is 0 Å². The molecule has 3 rings (SSSR count). The van der Waals surface area contributed by atoms with E-state index in [1.54, 1.807) is 10.9 Å². The first kappa shape index (κ1) is 13.7. The van der Waals surface area contributed by atoms with Crippen molar-refractivity contribution in [3.05, 3.63) is 40.0 Å². The van der Waals surface area contributed by atoms with E-state index in [1.165, 1.54) is 18.9 Å². The van der Waals surface area contributed by atoms with Crippen LogP contribution < -0.4 is 11.3 Å². The minimum absolute atomic E-state index is 0.0907. The van der Waals surface area contributed by atoms with E-state index in [4.69, 9.17) is 5.73 Å². The second kappa shape index (κ2) is 5.60. The van der Waals surface area contributed by atoms with Gasteiger partial charge >= 0.3 is 0 Å². The van der Waals surface area contributed by atoms with Gasteiger partial charge in [-0.3, -0.25) is 9.36 Å². The van der Waals surface area contributed by atoms with Gasteiger partial charge in [-0.1, -0.05) is 0 Å². The first-order valence-corrected chi connectivity index (χ1v) is 7.07. The molecule has 8 nitrogen and oxygen atoms in total. The number of anilines is 1. The van der Waals surface area contributed by atoms with E-state index in [1.807, 2.05) is 4.57 Å². The lowest BCUT2D eigenvalue weighted by Crippen LogP contribution is -2.21. The van der Waals surface area contributed by atoms with Crippen LogP contribution in [-0.2, 0) is 13.1 Å². The maximum atomic E-state index is 11.8. The van der Waals surface area contributed by atoms with Gasteiger partial charge in [-0.15, -0.1) is 0 Å². The Bertz CT molecular complexity index is 841. The maximum Gasteiger partial charge on any atom is 0.267 e. The molecule has 0 aliphatic heterocycles. The van der Waals surface area contributed by atoms with Crippen LogP contribution in [0.1, 0.15) is 6.42 Å². The molecule has 3 aromatic rings. The van der Waals surface area contributed by atoms with Gasteiger partial charge in [0, 0.05) is 19.3 Å². The summed E-state index contributed by atoms with van der Waals surface area (Å²) in [6.45, 7) is 1.23.